The van der Waals surface area contributed by atoms with Gasteiger partial charge >= 0.3 is 12.1 Å². The summed E-state index contributed by atoms with van der Waals surface area (Å²) in [5.41, 5.74) is 0.744. The second-order valence-electron chi connectivity index (χ2n) is 7.58. The average Bonchev–Trinajstić information content (AvgIpc) is 2.85. The molecule has 8 nitrogen and oxygen atoms in total. The van der Waals surface area contributed by atoms with E-state index in [0.29, 0.717) is 31.9 Å². The minimum absolute atomic E-state index is 0.0140. The summed E-state index contributed by atoms with van der Waals surface area (Å²) < 4.78 is 63.8. The van der Waals surface area contributed by atoms with Gasteiger partial charge in [0.2, 0.25) is 5.91 Å². The van der Waals surface area contributed by atoms with Crippen molar-refractivity contribution in [1.82, 2.24) is 15.1 Å². The van der Waals surface area contributed by atoms with Gasteiger partial charge in [-0.25, -0.2) is 13.6 Å². The monoisotopic (exact) mass is 517 g/mol. The normalized spacial score (nSPS) is 13.3. The van der Waals surface area contributed by atoms with Gasteiger partial charge in [-0.1, -0.05) is 12.1 Å². The van der Waals surface area contributed by atoms with Gasteiger partial charge in [-0.15, -0.1) is 0 Å². The number of hydrogen-bond donors (Lipinski definition) is 2. The molecule has 0 aliphatic carbocycles. The fraction of sp³-hybridized carbons (Fsp3) is 0.348. The smallest absolute Gasteiger partial charge is 0.490 e. The van der Waals surface area contributed by atoms with Crippen molar-refractivity contribution in [3.8, 4) is 5.75 Å². The number of nitrogens with one attached hydrogen (secondary N) is 1. The molecule has 0 atom stereocenters. The molecule has 0 saturated carbocycles. The van der Waals surface area contributed by atoms with E-state index in [1.54, 1.807) is 23.1 Å². The standard InChI is InChI=1S/C21H23F2N3O3.C2HF3O2/c1-29-17-4-2-3-15(11-17)13-26(14-20(27)25-9-7-24-8-10-25)21(28)16-5-6-18(22)19(23)12-16;3-2(4,5)1(6)7/h2-6,11-12,24H,7-10,13-14H2,1H3;(H,6,7). The number of benzene rings is 2. The number of ether oxygens (including phenoxy) is 1. The molecule has 1 aliphatic rings. The molecule has 1 aliphatic heterocycles. The Hall–Kier alpha value is -3.74. The molecule has 3 rings (SSSR count). The van der Waals surface area contributed by atoms with Crippen LogP contribution in [-0.2, 0) is 16.1 Å². The van der Waals surface area contributed by atoms with Crippen LogP contribution in [0.15, 0.2) is 42.5 Å². The number of aliphatic carboxylic acids is 1. The molecule has 196 valence electrons. The van der Waals surface area contributed by atoms with Gasteiger partial charge in [0, 0.05) is 38.3 Å². The predicted molar refractivity (Wildman–Crippen MR) is 117 cm³/mol. The number of methoxy groups -OCH3 is 1. The van der Waals surface area contributed by atoms with Gasteiger partial charge in [0.05, 0.1) is 7.11 Å². The van der Waals surface area contributed by atoms with Crippen LogP contribution in [0.3, 0.4) is 0 Å². The maximum absolute atomic E-state index is 13.6. The number of nitrogens with zero attached hydrogens (tertiary/aromatic N) is 2. The van der Waals surface area contributed by atoms with E-state index in [4.69, 9.17) is 14.6 Å². The lowest BCUT2D eigenvalue weighted by Crippen LogP contribution is -2.50. The van der Waals surface area contributed by atoms with Crippen LogP contribution in [-0.4, -0.2) is 78.7 Å². The molecule has 2 N–H and O–H groups in total. The Labute approximate surface area is 203 Å². The van der Waals surface area contributed by atoms with E-state index in [-0.39, 0.29) is 24.6 Å². The number of carbonyl (C=O) groups excluding carboxylic acids is 2. The van der Waals surface area contributed by atoms with E-state index in [1.165, 1.54) is 18.1 Å². The van der Waals surface area contributed by atoms with Gasteiger partial charge in [0.1, 0.15) is 12.3 Å². The van der Waals surface area contributed by atoms with Crippen LogP contribution in [0.2, 0.25) is 0 Å². The van der Waals surface area contributed by atoms with E-state index in [2.05, 4.69) is 5.32 Å². The topological polar surface area (TPSA) is 99.2 Å². The maximum Gasteiger partial charge on any atom is 0.490 e. The van der Waals surface area contributed by atoms with Gasteiger partial charge in [0.25, 0.3) is 5.91 Å². The van der Waals surface area contributed by atoms with Crippen molar-refractivity contribution in [2.75, 3.05) is 39.8 Å². The molecule has 2 aromatic rings. The zero-order chi connectivity index (χ0) is 26.9. The van der Waals surface area contributed by atoms with Crippen molar-refractivity contribution in [2.45, 2.75) is 12.7 Å². The van der Waals surface area contributed by atoms with Crippen LogP contribution >= 0.6 is 0 Å². The third kappa shape index (κ3) is 8.48. The molecular formula is C23H24F5N3O5. The van der Waals surface area contributed by atoms with Gasteiger partial charge in [-0.3, -0.25) is 9.59 Å². The van der Waals surface area contributed by atoms with Crippen LogP contribution in [0, 0.1) is 11.6 Å². The van der Waals surface area contributed by atoms with E-state index in [1.807, 2.05) is 6.07 Å². The van der Waals surface area contributed by atoms with Crippen molar-refractivity contribution in [3.63, 3.8) is 0 Å². The summed E-state index contributed by atoms with van der Waals surface area (Å²) in [4.78, 5) is 37.7. The largest absolute Gasteiger partial charge is 0.497 e. The zero-order valence-electron chi connectivity index (χ0n) is 19.1. The summed E-state index contributed by atoms with van der Waals surface area (Å²) in [5.74, 6) is -5.01. The second-order valence-corrected chi connectivity index (χ2v) is 7.58. The fourth-order valence-electron chi connectivity index (χ4n) is 3.18. The number of piperazine rings is 1. The van der Waals surface area contributed by atoms with Crippen molar-refractivity contribution in [1.29, 1.82) is 0 Å². The Morgan fingerprint density at radius 2 is 1.69 bits per heavy atom. The van der Waals surface area contributed by atoms with Crippen molar-refractivity contribution < 1.29 is 46.2 Å². The fourth-order valence-corrected chi connectivity index (χ4v) is 3.18. The van der Waals surface area contributed by atoms with Crippen molar-refractivity contribution in [2.24, 2.45) is 0 Å². The van der Waals surface area contributed by atoms with Gasteiger partial charge in [-0.05, 0) is 35.9 Å². The molecule has 0 spiro atoms. The maximum atomic E-state index is 13.6. The Bertz CT molecular complexity index is 1070. The molecule has 36 heavy (non-hydrogen) atoms. The average molecular weight is 517 g/mol. The Morgan fingerprint density at radius 1 is 1.06 bits per heavy atom. The second kappa shape index (κ2) is 12.8. The number of carbonyl (C=O) groups is 3. The minimum atomic E-state index is -5.08. The predicted octanol–water partition coefficient (Wildman–Crippen LogP) is 2.68. The first-order chi connectivity index (χ1) is 16.9. The van der Waals surface area contributed by atoms with Crippen LogP contribution in [0.25, 0.3) is 0 Å². The van der Waals surface area contributed by atoms with Gasteiger partial charge in [0.15, 0.2) is 11.6 Å². The van der Waals surface area contributed by atoms with E-state index < -0.39 is 29.7 Å². The van der Waals surface area contributed by atoms with Crippen LogP contribution in [0.5, 0.6) is 5.75 Å². The molecule has 2 aromatic carbocycles. The lowest BCUT2D eigenvalue weighted by Gasteiger charge is -2.30. The van der Waals surface area contributed by atoms with Crippen LogP contribution in [0.1, 0.15) is 15.9 Å². The van der Waals surface area contributed by atoms with Crippen LogP contribution < -0.4 is 10.1 Å². The summed E-state index contributed by atoms with van der Waals surface area (Å²) in [5, 5.41) is 10.3. The highest BCUT2D eigenvalue weighted by Gasteiger charge is 2.38. The molecule has 1 heterocycles. The summed E-state index contributed by atoms with van der Waals surface area (Å²) in [6.45, 7) is 2.48. The Balaban J connectivity index is 0.000000572. The third-order valence-corrected chi connectivity index (χ3v) is 5.00. The lowest BCUT2D eigenvalue weighted by atomic mass is 10.1. The lowest BCUT2D eigenvalue weighted by molar-refractivity contribution is -0.192. The molecular weight excluding hydrogens is 493 g/mol. The Kier molecular flexibility index (Phi) is 10.1. The molecule has 0 aromatic heterocycles. The number of hydrogen-bond acceptors (Lipinski definition) is 5. The van der Waals surface area contributed by atoms with Gasteiger partial charge in [-0.2, -0.15) is 13.2 Å². The third-order valence-electron chi connectivity index (χ3n) is 5.00. The highest BCUT2D eigenvalue weighted by Crippen LogP contribution is 2.18. The highest BCUT2D eigenvalue weighted by atomic mass is 19.4. The minimum Gasteiger partial charge on any atom is -0.497 e. The molecule has 1 saturated heterocycles. The molecule has 0 bridgehead atoms. The SMILES string of the molecule is COc1cccc(CN(CC(=O)N2CCNCC2)C(=O)c2ccc(F)c(F)c2)c1.O=C(O)C(F)(F)F. The van der Waals surface area contributed by atoms with E-state index >= 15 is 0 Å². The quantitative estimate of drug-likeness (QED) is 0.572. The molecule has 0 radical (unpaired) electrons. The van der Waals surface area contributed by atoms with Crippen LogP contribution in [0.4, 0.5) is 22.0 Å². The number of halogens is 5. The molecule has 2 amide bonds. The molecule has 0 unspecified atom stereocenters. The number of alkyl halides is 3. The first kappa shape index (κ1) is 28.5. The summed E-state index contributed by atoms with van der Waals surface area (Å²) in [6.07, 6.45) is -5.08. The van der Waals surface area contributed by atoms with Crippen molar-refractivity contribution in [3.05, 3.63) is 65.2 Å². The van der Waals surface area contributed by atoms with E-state index in [0.717, 1.165) is 17.7 Å². The number of carboxylic acids is 1. The van der Waals surface area contributed by atoms with Crippen molar-refractivity contribution >= 4 is 17.8 Å². The number of carboxylic acid groups (broad SMARTS) is 1. The summed E-state index contributed by atoms with van der Waals surface area (Å²) in [7, 11) is 1.54. The number of rotatable bonds is 6. The van der Waals surface area contributed by atoms with Gasteiger partial charge < -0.3 is 25.0 Å². The zero-order valence-corrected chi connectivity index (χ0v) is 19.1. The molecule has 1 fully saturated rings. The summed E-state index contributed by atoms with van der Waals surface area (Å²) >= 11 is 0. The molecule has 13 heteroatoms. The highest BCUT2D eigenvalue weighted by molar-refractivity contribution is 5.96. The van der Waals surface area contributed by atoms with E-state index in [9.17, 15) is 31.5 Å². The first-order valence-corrected chi connectivity index (χ1v) is 10.6. The Morgan fingerprint density at radius 3 is 2.25 bits per heavy atom. The summed E-state index contributed by atoms with van der Waals surface area (Å²) in [6, 6.07) is 10.1. The number of amides is 2. The first-order valence-electron chi connectivity index (χ1n) is 10.6.